The van der Waals surface area contributed by atoms with Gasteiger partial charge in [-0.1, -0.05) is 19.4 Å². The van der Waals surface area contributed by atoms with Crippen LogP contribution in [0.15, 0.2) is 46.3 Å². The molecule has 0 saturated heterocycles. The van der Waals surface area contributed by atoms with E-state index in [4.69, 9.17) is 18.9 Å². The summed E-state index contributed by atoms with van der Waals surface area (Å²) in [4.78, 5) is 56.8. The number of hydrogen-bond acceptors (Lipinski definition) is 9. The van der Waals surface area contributed by atoms with Crippen LogP contribution in [0.25, 0.3) is 0 Å². The molecule has 39 heavy (non-hydrogen) atoms. The summed E-state index contributed by atoms with van der Waals surface area (Å²) in [5.74, 6) is -3.36. The molecule has 8 atom stereocenters. The smallest absolute Gasteiger partial charge is 0.457 e. The molecule has 5 rings (SSSR count). The summed E-state index contributed by atoms with van der Waals surface area (Å²) in [6.07, 6.45) is 4.57. The lowest BCUT2D eigenvalue weighted by molar-refractivity contribution is -0.185. The molecular formula is C27H33O11P. The third kappa shape index (κ3) is 4.22. The average molecular weight is 565 g/mol. The van der Waals surface area contributed by atoms with Gasteiger partial charge in [-0.2, -0.15) is 0 Å². The largest absolute Gasteiger partial charge is 0.470 e. The molecule has 0 aromatic carbocycles. The van der Waals surface area contributed by atoms with Crippen LogP contribution in [0.2, 0.25) is 0 Å². The lowest BCUT2D eigenvalue weighted by Gasteiger charge is -2.60. The summed E-state index contributed by atoms with van der Waals surface area (Å²) in [7, 11) is -4.94. The SMILES string of the molecule is C[C@@H]1C[C@H]2[C@@H]3CCC4=CC(=O)C=C(OC(=O)c5ccco5)[C@]4(C)[C@H]3C(O)C[C@]2(C)[C@]1(O)C(=O)COP(=O)(O)O. The standard InChI is InChI=1S/C27H33O11P/c1-14-9-18-17-7-6-15-10-16(28)11-22(38-24(31)20-5-4-8-36-20)26(15,3)23(17)19(29)12-25(18,2)27(14,32)21(30)13-37-39(33,34)35/h4-5,8,10-11,14,17-19,23,29,32H,6-7,9,12-13H2,1-3H3,(H2,33,34,35)/t14-,17+,18+,19?,23-,25+,26-,27-/m1/s1. The summed E-state index contributed by atoms with van der Waals surface area (Å²) < 4.78 is 26.6. The van der Waals surface area contributed by atoms with E-state index in [2.05, 4.69) is 4.52 Å². The van der Waals surface area contributed by atoms with E-state index < -0.39 is 60.6 Å². The molecular weight excluding hydrogens is 531 g/mol. The Labute approximate surface area is 225 Å². The summed E-state index contributed by atoms with van der Waals surface area (Å²) >= 11 is 0. The highest BCUT2D eigenvalue weighted by molar-refractivity contribution is 7.46. The van der Waals surface area contributed by atoms with Gasteiger partial charge in [-0.05, 0) is 68.6 Å². The highest BCUT2D eigenvalue weighted by Crippen LogP contribution is 2.69. The van der Waals surface area contributed by atoms with Gasteiger partial charge in [0, 0.05) is 17.4 Å². The van der Waals surface area contributed by atoms with Gasteiger partial charge in [-0.3, -0.25) is 14.1 Å². The molecule has 0 radical (unpaired) electrons. The number of furan rings is 1. The van der Waals surface area contributed by atoms with Crippen molar-refractivity contribution < 1.29 is 52.6 Å². The third-order valence-electron chi connectivity index (χ3n) is 9.93. The summed E-state index contributed by atoms with van der Waals surface area (Å²) in [6, 6.07) is 2.99. The molecule has 4 aliphatic carbocycles. The lowest BCUT2D eigenvalue weighted by Crippen LogP contribution is -2.63. The zero-order valence-corrected chi connectivity index (χ0v) is 22.8. The van der Waals surface area contributed by atoms with Gasteiger partial charge in [0.25, 0.3) is 0 Å². The molecule has 3 saturated carbocycles. The van der Waals surface area contributed by atoms with Gasteiger partial charge in [0.2, 0.25) is 5.76 Å². The quantitative estimate of drug-likeness (QED) is 0.295. The first kappa shape index (κ1) is 28.1. The van der Waals surface area contributed by atoms with E-state index >= 15 is 0 Å². The Bertz CT molecular complexity index is 1310. The van der Waals surface area contributed by atoms with Crippen molar-refractivity contribution in [2.24, 2.45) is 34.5 Å². The molecule has 4 N–H and O–H groups in total. The molecule has 11 nitrogen and oxygen atoms in total. The predicted octanol–water partition coefficient (Wildman–Crippen LogP) is 2.70. The summed E-state index contributed by atoms with van der Waals surface area (Å²) in [5, 5.41) is 23.6. The Morgan fingerprint density at radius 1 is 1.23 bits per heavy atom. The molecule has 4 aliphatic rings. The second kappa shape index (κ2) is 9.33. The fraction of sp³-hybridized carbons (Fsp3) is 0.593. The molecule has 12 heteroatoms. The van der Waals surface area contributed by atoms with Crippen molar-refractivity contribution >= 4 is 25.4 Å². The van der Waals surface area contributed by atoms with E-state index in [1.165, 1.54) is 24.5 Å². The van der Waals surface area contributed by atoms with Gasteiger partial charge in [0.1, 0.15) is 18.0 Å². The van der Waals surface area contributed by atoms with Crippen LogP contribution in [0.5, 0.6) is 0 Å². The van der Waals surface area contributed by atoms with Crippen LogP contribution in [-0.4, -0.2) is 55.8 Å². The molecule has 0 amide bonds. The monoisotopic (exact) mass is 564 g/mol. The van der Waals surface area contributed by atoms with Gasteiger partial charge in [-0.25, -0.2) is 9.36 Å². The van der Waals surface area contributed by atoms with E-state index in [9.17, 15) is 29.2 Å². The van der Waals surface area contributed by atoms with Crippen LogP contribution >= 0.6 is 7.82 Å². The van der Waals surface area contributed by atoms with Crippen molar-refractivity contribution in [1.82, 2.24) is 0 Å². The van der Waals surface area contributed by atoms with E-state index in [1.807, 2.05) is 6.92 Å². The number of ether oxygens (including phenoxy) is 1. The second-order valence-corrected chi connectivity index (χ2v) is 13.0. The number of aliphatic hydroxyl groups is 2. The van der Waals surface area contributed by atoms with Crippen molar-refractivity contribution in [3.05, 3.63) is 47.6 Å². The molecule has 0 spiro atoms. The fourth-order valence-corrected chi connectivity index (χ4v) is 8.55. The summed E-state index contributed by atoms with van der Waals surface area (Å²) in [5.41, 5.74) is -3.35. The molecule has 1 unspecified atom stereocenters. The van der Waals surface area contributed by atoms with E-state index in [0.29, 0.717) is 19.3 Å². The first-order chi connectivity index (χ1) is 18.1. The van der Waals surface area contributed by atoms with Gasteiger partial charge >= 0.3 is 13.8 Å². The van der Waals surface area contributed by atoms with Crippen LogP contribution < -0.4 is 0 Å². The van der Waals surface area contributed by atoms with Crippen LogP contribution in [0, 0.1) is 34.5 Å². The second-order valence-electron chi connectivity index (χ2n) is 11.8. The number of esters is 1. The fourth-order valence-electron chi connectivity index (χ4n) is 8.26. The van der Waals surface area contributed by atoms with Crippen molar-refractivity contribution in [3.8, 4) is 0 Å². The van der Waals surface area contributed by atoms with Crippen LogP contribution in [0.1, 0.15) is 57.0 Å². The zero-order valence-electron chi connectivity index (χ0n) is 21.9. The molecule has 3 fully saturated rings. The number of phosphoric acid groups is 1. The van der Waals surface area contributed by atoms with Gasteiger partial charge in [0.05, 0.1) is 17.8 Å². The number of carbonyl (C=O) groups is 3. The first-order valence-corrected chi connectivity index (χ1v) is 14.5. The highest BCUT2D eigenvalue weighted by atomic mass is 31.2. The van der Waals surface area contributed by atoms with Gasteiger partial charge in [-0.15, -0.1) is 0 Å². The maximum atomic E-state index is 13.2. The number of carbonyl (C=O) groups excluding carboxylic acids is 3. The first-order valence-electron chi connectivity index (χ1n) is 13.0. The third-order valence-corrected chi connectivity index (χ3v) is 10.4. The van der Waals surface area contributed by atoms with Crippen molar-refractivity contribution in [2.75, 3.05) is 6.61 Å². The number of ketones is 2. The van der Waals surface area contributed by atoms with Crippen LogP contribution in [0.4, 0.5) is 0 Å². The molecule has 0 bridgehead atoms. The Morgan fingerprint density at radius 3 is 2.59 bits per heavy atom. The molecule has 0 aliphatic heterocycles. The molecule has 1 aromatic heterocycles. The number of Topliss-reactive ketones (excluding diaryl/α,β-unsaturated/α-hetero) is 1. The number of phosphoric ester groups is 1. The Kier molecular flexibility index (Phi) is 6.73. The Hall–Kier alpha value is -2.40. The van der Waals surface area contributed by atoms with Crippen molar-refractivity contribution in [3.63, 3.8) is 0 Å². The Balaban J connectivity index is 1.50. The van der Waals surface area contributed by atoms with E-state index in [-0.39, 0.29) is 35.6 Å². The predicted molar refractivity (Wildman–Crippen MR) is 134 cm³/mol. The van der Waals surface area contributed by atoms with Gasteiger partial charge < -0.3 is 29.2 Å². The van der Waals surface area contributed by atoms with Crippen LogP contribution in [-0.2, 0) is 23.4 Å². The average Bonchev–Trinajstić information content (AvgIpc) is 3.45. The minimum Gasteiger partial charge on any atom is -0.457 e. The highest BCUT2D eigenvalue weighted by Gasteiger charge is 2.71. The van der Waals surface area contributed by atoms with Crippen molar-refractivity contribution in [1.29, 1.82) is 0 Å². The van der Waals surface area contributed by atoms with Crippen molar-refractivity contribution in [2.45, 2.75) is 58.2 Å². The van der Waals surface area contributed by atoms with Crippen LogP contribution in [0.3, 0.4) is 0 Å². The lowest BCUT2D eigenvalue weighted by atomic mass is 9.45. The topological polar surface area (TPSA) is 181 Å². The maximum absolute atomic E-state index is 13.2. The zero-order chi connectivity index (χ0) is 28.5. The van der Waals surface area contributed by atoms with E-state index in [0.717, 1.165) is 5.57 Å². The molecule has 1 heterocycles. The molecule has 1 aromatic rings. The number of hydrogen-bond donors (Lipinski definition) is 4. The number of aliphatic hydroxyl groups excluding tert-OH is 1. The van der Waals surface area contributed by atoms with E-state index in [1.54, 1.807) is 19.9 Å². The number of fused-ring (bicyclic) bond motifs is 5. The minimum absolute atomic E-state index is 0.0115. The minimum atomic E-state index is -4.94. The number of allylic oxidation sites excluding steroid dienone is 3. The summed E-state index contributed by atoms with van der Waals surface area (Å²) in [6.45, 7) is 4.34. The Morgan fingerprint density at radius 2 is 1.95 bits per heavy atom. The molecule has 212 valence electrons. The maximum Gasteiger partial charge on any atom is 0.470 e. The number of rotatable bonds is 6. The normalized spacial score (nSPS) is 39.7. The van der Waals surface area contributed by atoms with Gasteiger partial charge in [0.15, 0.2) is 11.6 Å².